The summed E-state index contributed by atoms with van der Waals surface area (Å²) in [7, 11) is 1.61. The maximum absolute atomic E-state index is 13.1. The van der Waals surface area contributed by atoms with E-state index in [0.717, 1.165) is 29.8 Å². The summed E-state index contributed by atoms with van der Waals surface area (Å²) in [6, 6.07) is 14.6. The van der Waals surface area contributed by atoms with E-state index in [1.807, 2.05) is 47.4 Å². The maximum Gasteiger partial charge on any atom is 0.347 e. The molecule has 0 saturated carbocycles. The van der Waals surface area contributed by atoms with Gasteiger partial charge in [-0.2, -0.15) is 0 Å². The fourth-order valence-electron chi connectivity index (χ4n) is 3.65. The van der Waals surface area contributed by atoms with Crippen LogP contribution >= 0.6 is 0 Å². The third-order valence-corrected chi connectivity index (χ3v) is 6.20. The normalized spacial score (nSPS) is 12.5. The molecule has 1 atom stereocenters. The molecule has 192 valence electrons. The Bertz CT molecular complexity index is 931. The number of ether oxygens (including phenoxy) is 2. The van der Waals surface area contributed by atoms with Gasteiger partial charge in [0.1, 0.15) is 11.5 Å². The molecule has 0 radical (unpaired) electrons. The van der Waals surface area contributed by atoms with Crippen molar-refractivity contribution in [3.8, 4) is 11.5 Å². The predicted molar refractivity (Wildman–Crippen MR) is 139 cm³/mol. The number of hydrogen-bond donors (Lipinski definition) is 2. The third kappa shape index (κ3) is 9.15. The topological polar surface area (TPSA) is 88.1 Å². The zero-order valence-corrected chi connectivity index (χ0v) is 21.5. The molecule has 2 amide bonds. The van der Waals surface area contributed by atoms with Crippen LogP contribution in [-0.2, 0) is 11.2 Å². The van der Waals surface area contributed by atoms with Crippen LogP contribution in [0.1, 0.15) is 64.9 Å². The first kappa shape index (κ1) is 28.0. The van der Waals surface area contributed by atoms with Gasteiger partial charge in [0.25, 0.3) is 0 Å². The lowest BCUT2D eigenvalue weighted by molar-refractivity contribution is -0.154. The highest BCUT2D eigenvalue weighted by molar-refractivity contribution is 5.89. The number of carbonyl (C=O) groups excluding carboxylic acids is 1. The summed E-state index contributed by atoms with van der Waals surface area (Å²) in [4.78, 5) is 26.5. The Labute approximate surface area is 209 Å². The Balaban J connectivity index is 2.05. The molecular weight excluding hydrogens is 444 g/mol. The molecule has 7 nitrogen and oxygen atoms in total. The number of nitrogens with one attached hydrogen (secondary N) is 1. The van der Waals surface area contributed by atoms with Crippen LogP contribution in [0.5, 0.6) is 11.5 Å². The number of anilines is 1. The van der Waals surface area contributed by atoms with Crippen LogP contribution < -0.4 is 14.8 Å². The van der Waals surface area contributed by atoms with E-state index in [0.29, 0.717) is 31.7 Å². The number of hydrogen-bond acceptors (Lipinski definition) is 4. The number of amides is 2. The van der Waals surface area contributed by atoms with Crippen molar-refractivity contribution in [3.05, 3.63) is 54.1 Å². The average Bonchev–Trinajstić information content (AvgIpc) is 2.86. The van der Waals surface area contributed by atoms with Crippen molar-refractivity contribution < 1.29 is 24.2 Å². The van der Waals surface area contributed by atoms with E-state index in [1.165, 1.54) is 19.3 Å². The first-order valence-corrected chi connectivity index (χ1v) is 12.5. The summed E-state index contributed by atoms with van der Waals surface area (Å²) in [6.45, 7) is 6.77. The van der Waals surface area contributed by atoms with E-state index >= 15 is 0 Å². The van der Waals surface area contributed by atoms with Crippen molar-refractivity contribution in [2.75, 3.05) is 25.5 Å². The Morgan fingerprint density at radius 2 is 1.69 bits per heavy atom. The summed E-state index contributed by atoms with van der Waals surface area (Å²) in [5.41, 5.74) is 0.427. The first-order valence-electron chi connectivity index (χ1n) is 12.5. The van der Waals surface area contributed by atoms with Gasteiger partial charge in [0, 0.05) is 18.8 Å². The van der Waals surface area contributed by atoms with Gasteiger partial charge in [0.15, 0.2) is 0 Å². The number of unbranched alkanes of at least 4 members (excludes halogenated alkanes) is 4. The lowest BCUT2D eigenvalue weighted by Gasteiger charge is -2.25. The Kier molecular flexibility index (Phi) is 11.4. The van der Waals surface area contributed by atoms with Crippen LogP contribution in [0.2, 0.25) is 0 Å². The van der Waals surface area contributed by atoms with Gasteiger partial charge in [-0.25, -0.2) is 9.59 Å². The second kappa shape index (κ2) is 14.2. The molecule has 0 aliphatic heterocycles. The summed E-state index contributed by atoms with van der Waals surface area (Å²) >= 11 is 0. The monoisotopic (exact) mass is 484 g/mol. The molecule has 2 aromatic carbocycles. The molecule has 0 bridgehead atoms. The molecule has 0 spiro atoms. The predicted octanol–water partition coefficient (Wildman–Crippen LogP) is 6.37. The number of benzene rings is 2. The number of methoxy groups -OCH3 is 1. The molecule has 0 heterocycles. The second-order valence-electron chi connectivity index (χ2n) is 8.95. The van der Waals surface area contributed by atoms with Crippen molar-refractivity contribution in [1.29, 1.82) is 0 Å². The Morgan fingerprint density at radius 1 is 0.971 bits per heavy atom. The zero-order valence-electron chi connectivity index (χ0n) is 21.5. The van der Waals surface area contributed by atoms with Crippen LogP contribution in [0.4, 0.5) is 10.5 Å². The van der Waals surface area contributed by atoms with Crippen molar-refractivity contribution in [1.82, 2.24) is 4.90 Å². The third-order valence-electron chi connectivity index (χ3n) is 6.20. The molecule has 0 aliphatic carbocycles. The fourth-order valence-corrected chi connectivity index (χ4v) is 3.65. The summed E-state index contributed by atoms with van der Waals surface area (Å²) < 4.78 is 11.0. The van der Waals surface area contributed by atoms with Crippen LogP contribution in [0.3, 0.4) is 0 Å². The van der Waals surface area contributed by atoms with Gasteiger partial charge in [0.05, 0.1) is 7.11 Å². The standard InChI is InChI=1S/C28H40N2O5/c1-5-7-8-9-10-19-30(27(33)29-23-14-16-24(34-4)17-15-23)20-18-22-12-11-13-25(21-22)35-28(3,6-2)26(31)32/h11-17,21H,5-10,18-20H2,1-4H3,(H,29,33)(H,31,32). The number of carboxylic acids is 1. The Morgan fingerprint density at radius 3 is 2.31 bits per heavy atom. The minimum absolute atomic E-state index is 0.137. The number of aliphatic carboxylic acids is 1. The van der Waals surface area contributed by atoms with Gasteiger partial charge in [-0.3, -0.25) is 0 Å². The van der Waals surface area contributed by atoms with Crippen molar-refractivity contribution in [2.45, 2.75) is 71.3 Å². The minimum Gasteiger partial charge on any atom is -0.497 e. The van der Waals surface area contributed by atoms with Crippen LogP contribution in [0.15, 0.2) is 48.5 Å². The minimum atomic E-state index is -1.28. The molecular formula is C28H40N2O5. The maximum atomic E-state index is 13.1. The van der Waals surface area contributed by atoms with Crippen molar-refractivity contribution >= 4 is 17.7 Å². The highest BCUT2D eigenvalue weighted by Crippen LogP contribution is 2.23. The molecule has 2 N–H and O–H groups in total. The molecule has 0 fully saturated rings. The van der Waals surface area contributed by atoms with Gasteiger partial charge in [0.2, 0.25) is 5.60 Å². The number of nitrogens with zero attached hydrogens (tertiary/aromatic N) is 1. The number of rotatable bonds is 15. The van der Waals surface area contributed by atoms with Crippen LogP contribution in [0, 0.1) is 0 Å². The fraction of sp³-hybridized carbons (Fsp3) is 0.500. The van der Waals surface area contributed by atoms with Crippen molar-refractivity contribution in [2.24, 2.45) is 0 Å². The molecule has 0 aliphatic rings. The van der Waals surface area contributed by atoms with E-state index in [1.54, 1.807) is 27.0 Å². The smallest absolute Gasteiger partial charge is 0.347 e. The zero-order chi connectivity index (χ0) is 25.7. The lowest BCUT2D eigenvalue weighted by Crippen LogP contribution is -2.40. The molecule has 0 saturated heterocycles. The van der Waals surface area contributed by atoms with E-state index in [4.69, 9.17) is 9.47 Å². The highest BCUT2D eigenvalue weighted by Gasteiger charge is 2.33. The largest absolute Gasteiger partial charge is 0.497 e. The SMILES string of the molecule is CCCCCCCN(CCc1cccc(OC(C)(CC)C(=O)O)c1)C(=O)Nc1ccc(OC)cc1. The van der Waals surface area contributed by atoms with E-state index < -0.39 is 11.6 Å². The summed E-state index contributed by atoms with van der Waals surface area (Å²) in [5.74, 6) is 0.262. The van der Waals surface area contributed by atoms with E-state index in [-0.39, 0.29) is 6.03 Å². The van der Waals surface area contributed by atoms with E-state index in [9.17, 15) is 14.7 Å². The quantitative estimate of drug-likeness (QED) is 0.287. The highest BCUT2D eigenvalue weighted by atomic mass is 16.5. The summed E-state index contributed by atoms with van der Waals surface area (Å²) in [5, 5.41) is 12.5. The van der Waals surface area contributed by atoms with Gasteiger partial charge >= 0.3 is 12.0 Å². The molecule has 1 unspecified atom stereocenters. The van der Waals surface area contributed by atoms with Crippen molar-refractivity contribution in [3.63, 3.8) is 0 Å². The summed E-state index contributed by atoms with van der Waals surface area (Å²) in [6.07, 6.45) is 6.59. The number of carbonyl (C=O) groups is 2. The molecule has 35 heavy (non-hydrogen) atoms. The van der Waals surface area contributed by atoms with Gasteiger partial charge in [-0.05, 0) is 68.1 Å². The number of carboxylic acid groups (broad SMARTS) is 1. The Hall–Kier alpha value is -3.22. The van der Waals surface area contributed by atoms with Crippen LogP contribution in [-0.4, -0.2) is 47.8 Å². The van der Waals surface area contributed by atoms with E-state index in [2.05, 4.69) is 12.2 Å². The van der Waals surface area contributed by atoms with Crippen LogP contribution in [0.25, 0.3) is 0 Å². The molecule has 2 aromatic rings. The first-order chi connectivity index (χ1) is 16.8. The molecule has 0 aromatic heterocycles. The van der Waals surface area contributed by atoms with Gasteiger partial charge in [-0.15, -0.1) is 0 Å². The van der Waals surface area contributed by atoms with Gasteiger partial charge in [-0.1, -0.05) is 51.7 Å². The van der Waals surface area contributed by atoms with Gasteiger partial charge < -0.3 is 24.8 Å². The molecule has 2 rings (SSSR count). The number of urea groups is 1. The lowest BCUT2D eigenvalue weighted by atomic mass is 10.0. The molecule has 7 heteroatoms. The average molecular weight is 485 g/mol. The second-order valence-corrected chi connectivity index (χ2v) is 8.95.